The molecule has 2 aromatic carbocycles. The highest BCUT2D eigenvalue weighted by molar-refractivity contribution is 5.88. The molecule has 0 saturated carbocycles. The summed E-state index contributed by atoms with van der Waals surface area (Å²) in [6.07, 6.45) is 7.57. The molecule has 0 fully saturated rings. The number of ether oxygens (including phenoxy) is 1. The van der Waals surface area contributed by atoms with E-state index < -0.39 is 0 Å². The summed E-state index contributed by atoms with van der Waals surface area (Å²) in [7, 11) is 0. The van der Waals surface area contributed by atoms with Crippen molar-refractivity contribution in [2.24, 2.45) is 0 Å². The molecule has 0 spiro atoms. The van der Waals surface area contributed by atoms with Gasteiger partial charge in [0.05, 0.1) is 19.0 Å². The number of carbonyl (C=O) groups excluding carboxylic acids is 1. The summed E-state index contributed by atoms with van der Waals surface area (Å²) < 4.78 is 8.29. The summed E-state index contributed by atoms with van der Waals surface area (Å²) in [5.74, 6) is -0.0690. The van der Waals surface area contributed by atoms with Crippen LogP contribution >= 0.6 is 0 Å². The molecule has 3 rings (SSSR count). The lowest BCUT2D eigenvalue weighted by molar-refractivity contribution is -0.114. The molecule has 1 aromatic heterocycles. The average molecular weight is 377 g/mol. The van der Waals surface area contributed by atoms with Crippen molar-refractivity contribution >= 4 is 11.6 Å². The van der Waals surface area contributed by atoms with Crippen LogP contribution in [0.2, 0.25) is 0 Å². The van der Waals surface area contributed by atoms with Crippen LogP contribution in [0.15, 0.2) is 67.3 Å². The molecule has 0 saturated heterocycles. The van der Waals surface area contributed by atoms with E-state index in [-0.39, 0.29) is 12.0 Å². The van der Waals surface area contributed by atoms with Crippen LogP contribution in [0, 0.1) is 6.92 Å². The van der Waals surface area contributed by atoms with Crippen LogP contribution in [-0.2, 0) is 29.1 Å². The fourth-order valence-corrected chi connectivity index (χ4v) is 3.04. The minimum atomic E-state index is -0.0690. The van der Waals surface area contributed by atoms with Gasteiger partial charge in [-0.1, -0.05) is 42.0 Å². The van der Waals surface area contributed by atoms with Crippen LogP contribution in [0.3, 0.4) is 0 Å². The number of hydrogen-bond acceptors (Lipinski definition) is 3. The molecule has 0 bridgehead atoms. The van der Waals surface area contributed by atoms with Gasteiger partial charge in [0.2, 0.25) is 5.91 Å². The smallest absolute Gasteiger partial charge is 0.221 e. The Morgan fingerprint density at radius 1 is 1.11 bits per heavy atom. The second kappa shape index (κ2) is 9.85. The highest BCUT2D eigenvalue weighted by atomic mass is 16.5. The Labute approximate surface area is 166 Å². The van der Waals surface area contributed by atoms with Crippen LogP contribution < -0.4 is 5.32 Å². The molecule has 0 aliphatic rings. The number of nitrogens with zero attached hydrogens (tertiary/aromatic N) is 2. The molecule has 1 atom stereocenters. The molecule has 5 nitrogen and oxygen atoms in total. The van der Waals surface area contributed by atoms with Crippen molar-refractivity contribution in [2.45, 2.75) is 45.9 Å². The second-order valence-corrected chi connectivity index (χ2v) is 7.09. The van der Waals surface area contributed by atoms with Crippen LogP contribution in [0.25, 0.3) is 0 Å². The molecule has 28 heavy (non-hydrogen) atoms. The van der Waals surface area contributed by atoms with Crippen LogP contribution in [0.1, 0.15) is 30.0 Å². The number of imidazole rings is 1. The second-order valence-electron chi connectivity index (χ2n) is 7.09. The van der Waals surface area contributed by atoms with Crippen molar-refractivity contribution in [3.63, 3.8) is 0 Å². The minimum Gasteiger partial charge on any atom is -0.372 e. The normalized spacial score (nSPS) is 11.9. The van der Waals surface area contributed by atoms with Gasteiger partial charge in [-0.25, -0.2) is 4.98 Å². The summed E-state index contributed by atoms with van der Waals surface area (Å²) in [6.45, 7) is 4.92. The maximum absolute atomic E-state index is 11.1. The topological polar surface area (TPSA) is 56.1 Å². The van der Waals surface area contributed by atoms with Crippen molar-refractivity contribution < 1.29 is 9.53 Å². The molecule has 0 aliphatic carbocycles. The molecule has 1 unspecified atom stereocenters. The lowest BCUT2D eigenvalue weighted by Gasteiger charge is -2.19. The van der Waals surface area contributed by atoms with Gasteiger partial charge in [0.1, 0.15) is 0 Å². The van der Waals surface area contributed by atoms with E-state index in [1.54, 1.807) is 6.20 Å². The zero-order chi connectivity index (χ0) is 19.8. The zero-order valence-electron chi connectivity index (χ0n) is 16.5. The van der Waals surface area contributed by atoms with Crippen molar-refractivity contribution in [2.75, 3.05) is 5.32 Å². The Morgan fingerprint density at radius 2 is 1.82 bits per heavy atom. The van der Waals surface area contributed by atoms with E-state index in [4.69, 9.17) is 4.74 Å². The van der Waals surface area contributed by atoms with Crippen molar-refractivity contribution in [3.05, 3.63) is 83.9 Å². The number of aryl methyl sites for hydroxylation is 2. The average Bonchev–Trinajstić information content (AvgIpc) is 3.19. The Kier molecular flexibility index (Phi) is 6.98. The van der Waals surface area contributed by atoms with Crippen LogP contribution in [-0.4, -0.2) is 21.6 Å². The largest absolute Gasteiger partial charge is 0.372 e. The number of carbonyl (C=O) groups is 1. The molecule has 1 N–H and O–H groups in total. The SMILES string of the molecule is CC(=O)Nc1ccc(COC(CCc2ccc(C)cc2)Cn2ccnc2)cc1. The number of rotatable bonds is 9. The van der Waals surface area contributed by atoms with E-state index in [2.05, 4.69) is 46.1 Å². The highest BCUT2D eigenvalue weighted by Gasteiger charge is 2.11. The van der Waals surface area contributed by atoms with Gasteiger partial charge in [0, 0.05) is 31.5 Å². The predicted octanol–water partition coefficient (Wildman–Crippen LogP) is 4.37. The molecular weight excluding hydrogens is 350 g/mol. The van der Waals surface area contributed by atoms with Crippen LogP contribution in [0.5, 0.6) is 0 Å². The number of amides is 1. The molecule has 3 aromatic rings. The summed E-state index contributed by atoms with van der Waals surface area (Å²) >= 11 is 0. The molecule has 0 radical (unpaired) electrons. The molecular formula is C23H27N3O2. The van der Waals surface area contributed by atoms with E-state index >= 15 is 0 Å². The Hall–Kier alpha value is -2.92. The van der Waals surface area contributed by atoms with Gasteiger partial charge in [-0.15, -0.1) is 0 Å². The van der Waals surface area contributed by atoms with E-state index in [0.29, 0.717) is 6.61 Å². The molecule has 0 aliphatic heterocycles. The first-order valence-corrected chi connectivity index (χ1v) is 9.58. The van der Waals surface area contributed by atoms with Gasteiger partial charge in [-0.2, -0.15) is 0 Å². The van der Waals surface area contributed by atoms with Crippen molar-refractivity contribution in [1.29, 1.82) is 0 Å². The standard InChI is InChI=1S/C23H27N3O2/c1-18-3-5-20(6-4-18)9-12-23(15-26-14-13-24-17-26)28-16-21-7-10-22(11-8-21)25-19(2)27/h3-8,10-11,13-14,17,23H,9,12,15-16H2,1-2H3,(H,25,27). The highest BCUT2D eigenvalue weighted by Crippen LogP contribution is 2.15. The van der Waals surface area contributed by atoms with Gasteiger partial charge in [0.25, 0.3) is 0 Å². The first kappa shape index (κ1) is 19.8. The quantitative estimate of drug-likeness (QED) is 0.602. The number of nitrogens with one attached hydrogen (secondary N) is 1. The fourth-order valence-electron chi connectivity index (χ4n) is 3.04. The third-order valence-corrected chi connectivity index (χ3v) is 4.61. The van der Waals surface area contributed by atoms with Gasteiger partial charge in [-0.3, -0.25) is 4.79 Å². The molecule has 1 heterocycles. The van der Waals surface area contributed by atoms with Gasteiger partial charge < -0.3 is 14.6 Å². The number of benzene rings is 2. The Balaban J connectivity index is 1.58. The third kappa shape index (κ3) is 6.35. The predicted molar refractivity (Wildman–Crippen MR) is 111 cm³/mol. The Morgan fingerprint density at radius 3 is 2.46 bits per heavy atom. The summed E-state index contributed by atoms with van der Waals surface area (Å²) in [6, 6.07) is 16.4. The lowest BCUT2D eigenvalue weighted by Crippen LogP contribution is -2.20. The van der Waals surface area contributed by atoms with Crippen molar-refractivity contribution in [3.8, 4) is 0 Å². The minimum absolute atomic E-state index is 0.0690. The maximum atomic E-state index is 11.1. The summed E-state index contributed by atoms with van der Waals surface area (Å²) in [5.41, 5.74) is 4.48. The zero-order valence-corrected chi connectivity index (χ0v) is 16.5. The monoisotopic (exact) mass is 377 g/mol. The number of aromatic nitrogens is 2. The maximum Gasteiger partial charge on any atom is 0.221 e. The van der Waals surface area contributed by atoms with Crippen molar-refractivity contribution in [1.82, 2.24) is 9.55 Å². The van der Waals surface area contributed by atoms with E-state index in [0.717, 1.165) is 30.6 Å². The molecule has 1 amide bonds. The Bertz CT molecular complexity index is 856. The van der Waals surface area contributed by atoms with Gasteiger partial charge in [-0.05, 0) is 43.0 Å². The van der Waals surface area contributed by atoms with E-state index in [9.17, 15) is 4.79 Å². The van der Waals surface area contributed by atoms with E-state index in [1.807, 2.05) is 36.8 Å². The number of anilines is 1. The summed E-state index contributed by atoms with van der Waals surface area (Å²) in [4.78, 5) is 15.3. The fraction of sp³-hybridized carbons (Fsp3) is 0.304. The number of hydrogen-bond donors (Lipinski definition) is 1. The van der Waals surface area contributed by atoms with Crippen LogP contribution in [0.4, 0.5) is 5.69 Å². The lowest BCUT2D eigenvalue weighted by atomic mass is 10.1. The third-order valence-electron chi connectivity index (χ3n) is 4.61. The first-order valence-electron chi connectivity index (χ1n) is 9.58. The van der Waals surface area contributed by atoms with Gasteiger partial charge >= 0.3 is 0 Å². The van der Waals surface area contributed by atoms with E-state index in [1.165, 1.54) is 18.1 Å². The van der Waals surface area contributed by atoms with Gasteiger partial charge in [0.15, 0.2) is 0 Å². The molecule has 5 heteroatoms. The summed E-state index contributed by atoms with van der Waals surface area (Å²) in [5, 5.41) is 2.78. The first-order chi connectivity index (χ1) is 13.6. The molecule has 146 valence electrons.